The van der Waals surface area contributed by atoms with Crippen LogP contribution in [0.5, 0.6) is 0 Å². The molecule has 0 atom stereocenters. The molecule has 0 aliphatic carbocycles. The maximum atomic E-state index is 12.2. The third kappa shape index (κ3) is 3.53. The van der Waals surface area contributed by atoms with Gasteiger partial charge in [0.25, 0.3) is 0 Å². The third-order valence-corrected chi connectivity index (χ3v) is 4.10. The van der Waals surface area contributed by atoms with Crippen molar-refractivity contribution in [1.29, 1.82) is 0 Å². The smallest absolute Gasteiger partial charge is 0.308 e. The van der Waals surface area contributed by atoms with Gasteiger partial charge in [-0.15, -0.1) is 0 Å². The van der Waals surface area contributed by atoms with Gasteiger partial charge in [-0.2, -0.15) is 0 Å². The molecule has 6 heteroatoms. The van der Waals surface area contributed by atoms with Crippen molar-refractivity contribution in [3.63, 3.8) is 0 Å². The van der Waals surface area contributed by atoms with E-state index in [-0.39, 0.29) is 6.03 Å². The Morgan fingerprint density at radius 2 is 1.69 bits per heavy atom. The van der Waals surface area contributed by atoms with Gasteiger partial charge in [0, 0.05) is 34.4 Å². The molecule has 128 valence electrons. The van der Waals surface area contributed by atoms with Crippen LogP contribution in [0.1, 0.15) is 0 Å². The van der Waals surface area contributed by atoms with Crippen LogP contribution in [0.15, 0.2) is 79.1 Å². The lowest BCUT2D eigenvalue weighted by atomic mass is 10.1. The average molecular weight is 363 g/mol. The number of hydrogen-bond donors (Lipinski definition) is 2. The van der Waals surface area contributed by atoms with E-state index in [1.807, 2.05) is 59.3 Å². The maximum Gasteiger partial charge on any atom is 0.323 e. The number of carbonyl (C=O) groups is 1. The van der Waals surface area contributed by atoms with E-state index >= 15 is 0 Å². The summed E-state index contributed by atoms with van der Waals surface area (Å²) in [5.41, 5.74) is 3.95. The van der Waals surface area contributed by atoms with Gasteiger partial charge in [-0.05, 0) is 42.5 Å². The first-order valence-electron chi connectivity index (χ1n) is 8.05. The van der Waals surface area contributed by atoms with Gasteiger partial charge in [-0.3, -0.25) is 0 Å². The van der Waals surface area contributed by atoms with Crippen LogP contribution in [0, 0.1) is 0 Å². The molecule has 0 radical (unpaired) electrons. The van der Waals surface area contributed by atoms with Crippen molar-refractivity contribution in [2.45, 2.75) is 0 Å². The van der Waals surface area contributed by atoms with Crippen LogP contribution in [0.3, 0.4) is 0 Å². The fourth-order valence-electron chi connectivity index (χ4n) is 2.69. The summed E-state index contributed by atoms with van der Waals surface area (Å²) in [6, 6.07) is 20.1. The third-order valence-electron chi connectivity index (χ3n) is 3.86. The average Bonchev–Trinajstić information content (AvgIpc) is 3.06. The first kappa shape index (κ1) is 16.2. The Labute approximate surface area is 155 Å². The van der Waals surface area contributed by atoms with Crippen LogP contribution in [-0.4, -0.2) is 15.4 Å². The first-order chi connectivity index (χ1) is 12.7. The van der Waals surface area contributed by atoms with Crippen LogP contribution >= 0.6 is 11.6 Å². The largest absolute Gasteiger partial charge is 0.323 e. The number of fused-ring (bicyclic) bond motifs is 1. The lowest BCUT2D eigenvalue weighted by Gasteiger charge is -2.08. The Kier molecular flexibility index (Phi) is 4.29. The van der Waals surface area contributed by atoms with E-state index in [1.54, 1.807) is 24.3 Å². The summed E-state index contributed by atoms with van der Waals surface area (Å²) in [6.45, 7) is 0. The van der Waals surface area contributed by atoms with Gasteiger partial charge < -0.3 is 15.0 Å². The Morgan fingerprint density at radius 3 is 2.46 bits per heavy atom. The van der Waals surface area contributed by atoms with E-state index in [2.05, 4.69) is 15.6 Å². The van der Waals surface area contributed by atoms with Crippen molar-refractivity contribution in [2.24, 2.45) is 0 Å². The highest BCUT2D eigenvalue weighted by Gasteiger charge is 2.07. The van der Waals surface area contributed by atoms with Crippen molar-refractivity contribution < 1.29 is 4.79 Å². The molecular formula is C20H15ClN4O. The van der Waals surface area contributed by atoms with Gasteiger partial charge in [0.1, 0.15) is 5.65 Å². The van der Waals surface area contributed by atoms with E-state index in [1.165, 1.54) is 0 Å². The molecule has 0 unspecified atom stereocenters. The lowest BCUT2D eigenvalue weighted by molar-refractivity contribution is 0.262. The molecule has 4 aromatic rings. The number of amides is 2. The monoisotopic (exact) mass is 362 g/mol. The molecule has 0 bridgehead atoms. The Morgan fingerprint density at radius 1 is 0.923 bits per heavy atom. The number of nitrogens with one attached hydrogen (secondary N) is 2. The Bertz CT molecular complexity index is 1060. The predicted molar refractivity (Wildman–Crippen MR) is 105 cm³/mol. The quantitative estimate of drug-likeness (QED) is 0.519. The second-order valence-electron chi connectivity index (χ2n) is 5.76. The molecule has 0 aliphatic rings. The molecular weight excluding hydrogens is 348 g/mol. The molecule has 0 fully saturated rings. The van der Waals surface area contributed by atoms with E-state index in [0.29, 0.717) is 16.4 Å². The number of hydrogen-bond acceptors (Lipinski definition) is 2. The van der Waals surface area contributed by atoms with E-state index in [0.717, 1.165) is 16.9 Å². The zero-order valence-corrected chi connectivity index (χ0v) is 14.4. The molecule has 2 aromatic heterocycles. The van der Waals surface area contributed by atoms with Gasteiger partial charge in [0.15, 0.2) is 0 Å². The van der Waals surface area contributed by atoms with Crippen molar-refractivity contribution in [2.75, 3.05) is 10.6 Å². The van der Waals surface area contributed by atoms with E-state index in [4.69, 9.17) is 11.6 Å². The van der Waals surface area contributed by atoms with Crippen LogP contribution in [0.2, 0.25) is 5.02 Å². The topological polar surface area (TPSA) is 58.4 Å². The highest BCUT2D eigenvalue weighted by molar-refractivity contribution is 6.30. The molecule has 26 heavy (non-hydrogen) atoms. The van der Waals surface area contributed by atoms with Gasteiger partial charge >= 0.3 is 6.03 Å². The van der Waals surface area contributed by atoms with Crippen LogP contribution < -0.4 is 10.6 Å². The van der Waals surface area contributed by atoms with E-state index < -0.39 is 0 Å². The predicted octanol–water partition coefficient (Wildman–Crippen LogP) is 5.30. The fraction of sp³-hybridized carbons (Fsp3) is 0. The summed E-state index contributed by atoms with van der Waals surface area (Å²) in [7, 11) is 0. The number of benzene rings is 2. The zero-order chi connectivity index (χ0) is 17.9. The summed E-state index contributed by atoms with van der Waals surface area (Å²) in [5, 5.41) is 6.15. The SMILES string of the molecule is O=C(Nc1cccc(Cl)c1)Nc1cccc(-c2cn3ccccc3n2)c1. The van der Waals surface area contributed by atoms with Gasteiger partial charge in [0.2, 0.25) is 0 Å². The molecule has 2 amide bonds. The molecule has 2 aromatic carbocycles. The number of halogens is 1. The van der Waals surface area contributed by atoms with Gasteiger partial charge in [0.05, 0.1) is 5.69 Å². The number of nitrogens with zero attached hydrogens (tertiary/aromatic N) is 2. The molecule has 4 rings (SSSR count). The standard InChI is InChI=1S/C20H15ClN4O/c21-15-6-4-8-17(12-15)23-20(26)22-16-7-3-5-14(11-16)18-13-25-10-2-1-9-19(25)24-18/h1-13H,(H2,22,23,26). The Hall–Kier alpha value is -3.31. The van der Waals surface area contributed by atoms with Gasteiger partial charge in [-0.25, -0.2) is 9.78 Å². The maximum absolute atomic E-state index is 12.2. The normalized spacial score (nSPS) is 10.7. The number of urea groups is 1. The van der Waals surface area contributed by atoms with Crippen molar-refractivity contribution in [3.8, 4) is 11.3 Å². The molecule has 0 saturated carbocycles. The number of aromatic nitrogens is 2. The summed E-state index contributed by atoms with van der Waals surface area (Å²) >= 11 is 5.93. The van der Waals surface area contributed by atoms with Crippen molar-refractivity contribution in [3.05, 3.63) is 84.1 Å². The molecule has 0 spiro atoms. The Balaban J connectivity index is 1.53. The number of pyridine rings is 1. The van der Waals surface area contributed by atoms with E-state index in [9.17, 15) is 4.79 Å². The first-order valence-corrected chi connectivity index (χ1v) is 8.43. The molecule has 5 nitrogen and oxygen atoms in total. The minimum atomic E-state index is -0.334. The fourth-order valence-corrected chi connectivity index (χ4v) is 2.88. The van der Waals surface area contributed by atoms with Gasteiger partial charge in [-0.1, -0.05) is 35.9 Å². The molecule has 2 N–H and O–H groups in total. The summed E-state index contributed by atoms with van der Waals surface area (Å²) in [4.78, 5) is 16.8. The highest BCUT2D eigenvalue weighted by Crippen LogP contribution is 2.23. The summed E-state index contributed by atoms with van der Waals surface area (Å²) in [6.07, 6.45) is 3.91. The van der Waals surface area contributed by atoms with Crippen LogP contribution in [-0.2, 0) is 0 Å². The number of imidazole rings is 1. The molecule has 2 heterocycles. The minimum Gasteiger partial charge on any atom is -0.308 e. The number of rotatable bonds is 3. The lowest BCUT2D eigenvalue weighted by Crippen LogP contribution is -2.19. The summed E-state index contributed by atoms with van der Waals surface area (Å²) in [5.74, 6) is 0. The number of anilines is 2. The zero-order valence-electron chi connectivity index (χ0n) is 13.7. The highest BCUT2D eigenvalue weighted by atomic mass is 35.5. The second kappa shape index (κ2) is 6.90. The van der Waals surface area contributed by atoms with Crippen LogP contribution in [0.4, 0.5) is 16.2 Å². The summed E-state index contributed by atoms with van der Waals surface area (Å²) < 4.78 is 1.96. The number of carbonyl (C=O) groups excluding carboxylic acids is 1. The molecule has 0 saturated heterocycles. The van der Waals surface area contributed by atoms with Crippen molar-refractivity contribution >= 4 is 34.7 Å². The second-order valence-corrected chi connectivity index (χ2v) is 6.20. The van der Waals surface area contributed by atoms with Crippen molar-refractivity contribution in [1.82, 2.24) is 9.38 Å². The molecule has 0 aliphatic heterocycles. The minimum absolute atomic E-state index is 0.334. The van der Waals surface area contributed by atoms with Crippen LogP contribution in [0.25, 0.3) is 16.9 Å².